The van der Waals surface area contributed by atoms with Gasteiger partial charge in [0, 0.05) is 42.0 Å². The summed E-state index contributed by atoms with van der Waals surface area (Å²) in [5.41, 5.74) is 3.46. The van der Waals surface area contributed by atoms with E-state index in [0.717, 1.165) is 23.0 Å². The maximum atomic E-state index is 12.9. The van der Waals surface area contributed by atoms with Crippen molar-refractivity contribution >= 4 is 28.4 Å². The van der Waals surface area contributed by atoms with Crippen LogP contribution in [0.2, 0.25) is 0 Å². The fourth-order valence-electron chi connectivity index (χ4n) is 3.33. The molecule has 142 valence electrons. The largest absolute Gasteiger partial charge is 0.346 e. The molecule has 2 amide bonds. The first-order valence-corrected chi connectivity index (χ1v) is 9.05. The number of nitrogens with one attached hydrogen (secondary N) is 2. The minimum absolute atomic E-state index is 0.0869. The van der Waals surface area contributed by atoms with Crippen molar-refractivity contribution in [3.05, 3.63) is 71.8 Å². The Labute approximate surface area is 161 Å². The minimum atomic E-state index is -0.408. The highest BCUT2D eigenvalue weighted by molar-refractivity contribution is 5.96. The third kappa shape index (κ3) is 3.64. The van der Waals surface area contributed by atoms with E-state index in [1.54, 1.807) is 11.1 Å². The van der Waals surface area contributed by atoms with Crippen molar-refractivity contribution in [2.75, 3.05) is 19.6 Å². The minimum Gasteiger partial charge on any atom is -0.346 e. The van der Waals surface area contributed by atoms with Crippen LogP contribution in [0.4, 0.5) is 4.39 Å². The monoisotopic (exact) mass is 378 g/mol. The average molecular weight is 378 g/mol. The van der Waals surface area contributed by atoms with Crippen LogP contribution >= 0.6 is 0 Å². The van der Waals surface area contributed by atoms with Crippen molar-refractivity contribution in [2.24, 2.45) is 0 Å². The molecule has 6 nitrogen and oxygen atoms in total. The number of halogens is 1. The summed E-state index contributed by atoms with van der Waals surface area (Å²) in [6.07, 6.45) is 6.47. The Morgan fingerprint density at radius 1 is 1.21 bits per heavy atom. The maximum Gasteiger partial charge on any atom is 0.251 e. The van der Waals surface area contributed by atoms with Gasteiger partial charge >= 0.3 is 0 Å². The number of H-pyrrole nitrogens is 1. The summed E-state index contributed by atoms with van der Waals surface area (Å²) >= 11 is 0. The standard InChI is InChI=1S/C21H19FN4O2/c22-16-5-3-15(4-6-16)21(28)25-13-19(27)26-10-7-14(8-11-26)18-12-24-20-17(18)2-1-9-23-20/h1-7,9,12H,8,10-11,13H2,(H,23,24)(H,25,28). The van der Waals surface area contributed by atoms with E-state index >= 15 is 0 Å². The van der Waals surface area contributed by atoms with Crippen LogP contribution in [-0.4, -0.2) is 46.3 Å². The van der Waals surface area contributed by atoms with Crippen LogP contribution in [-0.2, 0) is 4.79 Å². The van der Waals surface area contributed by atoms with Gasteiger partial charge in [0.2, 0.25) is 5.91 Å². The number of carbonyl (C=O) groups excluding carboxylic acids is 2. The highest BCUT2D eigenvalue weighted by Gasteiger charge is 2.20. The summed E-state index contributed by atoms with van der Waals surface area (Å²) in [5, 5.41) is 3.66. The number of nitrogens with zero attached hydrogens (tertiary/aromatic N) is 2. The molecule has 0 fully saturated rings. The van der Waals surface area contributed by atoms with Crippen LogP contribution in [0.1, 0.15) is 22.3 Å². The summed E-state index contributed by atoms with van der Waals surface area (Å²) in [5.74, 6) is -0.950. The number of rotatable bonds is 4. The molecular formula is C21H19FN4O2. The molecule has 28 heavy (non-hydrogen) atoms. The molecule has 1 aliphatic heterocycles. The summed E-state index contributed by atoms with van der Waals surface area (Å²) in [6, 6.07) is 9.14. The third-order valence-corrected chi connectivity index (χ3v) is 4.87. The second kappa shape index (κ2) is 7.64. The molecule has 0 spiro atoms. The van der Waals surface area contributed by atoms with E-state index < -0.39 is 11.7 Å². The lowest BCUT2D eigenvalue weighted by molar-refractivity contribution is -0.129. The zero-order valence-corrected chi connectivity index (χ0v) is 15.1. The second-order valence-corrected chi connectivity index (χ2v) is 6.61. The van der Waals surface area contributed by atoms with Crippen molar-refractivity contribution in [1.29, 1.82) is 0 Å². The molecule has 0 radical (unpaired) electrons. The van der Waals surface area contributed by atoms with Crippen LogP contribution in [0.15, 0.2) is 54.9 Å². The van der Waals surface area contributed by atoms with Crippen LogP contribution in [0, 0.1) is 5.82 Å². The summed E-state index contributed by atoms with van der Waals surface area (Å²) in [7, 11) is 0. The molecule has 4 rings (SSSR count). The molecule has 3 aromatic rings. The van der Waals surface area contributed by atoms with Crippen LogP contribution in [0.25, 0.3) is 16.6 Å². The van der Waals surface area contributed by atoms with Gasteiger partial charge in [-0.25, -0.2) is 9.37 Å². The van der Waals surface area contributed by atoms with E-state index in [0.29, 0.717) is 18.7 Å². The number of carbonyl (C=O) groups is 2. The van der Waals surface area contributed by atoms with Gasteiger partial charge < -0.3 is 15.2 Å². The number of aromatic nitrogens is 2. The van der Waals surface area contributed by atoms with Crippen molar-refractivity contribution < 1.29 is 14.0 Å². The van der Waals surface area contributed by atoms with Gasteiger partial charge in [0.1, 0.15) is 11.5 Å². The smallest absolute Gasteiger partial charge is 0.251 e. The Hall–Kier alpha value is -3.48. The Bertz CT molecular complexity index is 1060. The predicted octanol–water partition coefficient (Wildman–Crippen LogP) is 2.75. The zero-order chi connectivity index (χ0) is 19.5. The van der Waals surface area contributed by atoms with Gasteiger partial charge in [0.05, 0.1) is 6.54 Å². The lowest BCUT2D eigenvalue weighted by Gasteiger charge is -2.26. The van der Waals surface area contributed by atoms with E-state index in [4.69, 9.17) is 0 Å². The van der Waals surface area contributed by atoms with Crippen molar-refractivity contribution in [2.45, 2.75) is 6.42 Å². The fourth-order valence-corrected chi connectivity index (χ4v) is 3.33. The highest BCUT2D eigenvalue weighted by atomic mass is 19.1. The predicted molar refractivity (Wildman–Crippen MR) is 104 cm³/mol. The van der Waals surface area contributed by atoms with Gasteiger partial charge in [-0.05, 0) is 48.4 Å². The molecule has 0 saturated carbocycles. The average Bonchev–Trinajstić information content (AvgIpc) is 3.16. The van der Waals surface area contributed by atoms with Gasteiger partial charge in [-0.15, -0.1) is 0 Å². The Morgan fingerprint density at radius 2 is 2.04 bits per heavy atom. The molecule has 1 aromatic carbocycles. The molecule has 7 heteroatoms. The molecule has 0 bridgehead atoms. The number of hydrogen-bond acceptors (Lipinski definition) is 3. The van der Waals surface area contributed by atoms with Gasteiger partial charge in [0.25, 0.3) is 5.91 Å². The number of fused-ring (bicyclic) bond motifs is 1. The summed E-state index contributed by atoms with van der Waals surface area (Å²) < 4.78 is 12.9. The first-order chi connectivity index (χ1) is 13.6. The Balaban J connectivity index is 1.36. The molecule has 0 unspecified atom stereocenters. The molecule has 2 N–H and O–H groups in total. The quantitative estimate of drug-likeness (QED) is 0.733. The van der Waals surface area contributed by atoms with Crippen molar-refractivity contribution in [3.8, 4) is 0 Å². The maximum absolute atomic E-state index is 12.9. The molecule has 2 aromatic heterocycles. The lowest BCUT2D eigenvalue weighted by Crippen LogP contribution is -2.42. The van der Waals surface area contributed by atoms with E-state index in [1.807, 2.05) is 24.4 Å². The topological polar surface area (TPSA) is 78.1 Å². The second-order valence-electron chi connectivity index (χ2n) is 6.61. The van der Waals surface area contributed by atoms with Gasteiger partial charge in [-0.2, -0.15) is 0 Å². The van der Waals surface area contributed by atoms with Crippen molar-refractivity contribution in [1.82, 2.24) is 20.2 Å². The lowest BCUT2D eigenvalue weighted by atomic mass is 9.99. The molecule has 0 atom stereocenters. The van der Waals surface area contributed by atoms with Crippen LogP contribution in [0.3, 0.4) is 0 Å². The molecule has 3 heterocycles. The van der Waals surface area contributed by atoms with E-state index in [1.165, 1.54) is 29.8 Å². The van der Waals surface area contributed by atoms with Gasteiger partial charge in [0.15, 0.2) is 0 Å². The Morgan fingerprint density at radius 3 is 2.79 bits per heavy atom. The number of benzene rings is 1. The number of hydrogen-bond donors (Lipinski definition) is 2. The van der Waals surface area contributed by atoms with Gasteiger partial charge in [-0.1, -0.05) is 6.08 Å². The number of amides is 2. The van der Waals surface area contributed by atoms with E-state index in [2.05, 4.69) is 15.3 Å². The van der Waals surface area contributed by atoms with Crippen molar-refractivity contribution in [3.63, 3.8) is 0 Å². The zero-order valence-electron chi connectivity index (χ0n) is 15.1. The van der Waals surface area contributed by atoms with Crippen LogP contribution in [0.5, 0.6) is 0 Å². The normalized spacial score (nSPS) is 14.0. The summed E-state index contributed by atoms with van der Waals surface area (Å²) in [6.45, 7) is 0.994. The van der Waals surface area contributed by atoms with E-state index in [9.17, 15) is 14.0 Å². The first-order valence-electron chi connectivity index (χ1n) is 9.05. The number of pyridine rings is 1. The van der Waals surface area contributed by atoms with Gasteiger partial charge in [-0.3, -0.25) is 9.59 Å². The first kappa shape index (κ1) is 17.9. The molecular weight excluding hydrogens is 359 g/mol. The summed E-state index contributed by atoms with van der Waals surface area (Å²) in [4.78, 5) is 33.6. The Kier molecular flexibility index (Phi) is 4.89. The molecule has 0 saturated heterocycles. The van der Waals surface area contributed by atoms with Crippen LogP contribution < -0.4 is 5.32 Å². The molecule has 1 aliphatic rings. The SMILES string of the molecule is O=C(NCC(=O)N1CC=C(c2c[nH]c3ncccc23)CC1)c1ccc(F)cc1. The highest BCUT2D eigenvalue weighted by Crippen LogP contribution is 2.28. The van der Waals surface area contributed by atoms with E-state index in [-0.39, 0.29) is 12.5 Å². The molecule has 0 aliphatic carbocycles. The fraction of sp³-hybridized carbons (Fsp3) is 0.190. The third-order valence-electron chi connectivity index (χ3n) is 4.87. The number of aromatic amines is 1.